The Morgan fingerprint density at radius 3 is 2.50 bits per heavy atom. The number of nitriles is 1. The van der Waals surface area contributed by atoms with Crippen molar-refractivity contribution in [2.24, 2.45) is 0 Å². The number of imidazole rings is 1. The highest BCUT2D eigenvalue weighted by Crippen LogP contribution is 2.20. The molecule has 0 atom stereocenters. The van der Waals surface area contributed by atoms with Crippen LogP contribution < -0.4 is 0 Å². The second kappa shape index (κ2) is 6.93. The van der Waals surface area contributed by atoms with Gasteiger partial charge in [-0.05, 0) is 6.92 Å². The van der Waals surface area contributed by atoms with Crippen molar-refractivity contribution in [1.29, 1.82) is 5.26 Å². The number of benzene rings is 2. The number of hydrogen-bond donors (Lipinski definition) is 0. The van der Waals surface area contributed by atoms with Crippen LogP contribution in [-0.2, 0) is 6.54 Å². The molecule has 0 N–H and O–H groups in total. The number of nitrogens with zero attached hydrogens (tertiary/aromatic N) is 3. The average molecular weight is 315 g/mol. The van der Waals surface area contributed by atoms with E-state index < -0.39 is 0 Å². The molecular weight excluding hydrogens is 298 g/mol. The summed E-state index contributed by atoms with van der Waals surface area (Å²) >= 11 is 0. The second-order valence-electron chi connectivity index (χ2n) is 5.61. The van der Waals surface area contributed by atoms with Gasteiger partial charge < -0.3 is 4.57 Å². The SMILES string of the molecule is Cc1ccc(C(=O)c2nc(-c3ccccc3)cn2CCC#N)cc1. The Morgan fingerprint density at radius 1 is 1.12 bits per heavy atom. The fraction of sp³-hybridized carbons (Fsp3) is 0.150. The predicted molar refractivity (Wildman–Crippen MR) is 92.5 cm³/mol. The molecule has 0 bridgehead atoms. The molecule has 0 aliphatic rings. The van der Waals surface area contributed by atoms with Crippen LogP contribution in [-0.4, -0.2) is 15.3 Å². The minimum Gasteiger partial charge on any atom is -0.327 e. The minimum atomic E-state index is -0.130. The molecule has 1 heterocycles. The first-order valence-electron chi connectivity index (χ1n) is 7.80. The number of hydrogen-bond acceptors (Lipinski definition) is 3. The van der Waals surface area contributed by atoms with E-state index in [4.69, 9.17) is 5.26 Å². The van der Waals surface area contributed by atoms with E-state index in [-0.39, 0.29) is 5.78 Å². The zero-order valence-electron chi connectivity index (χ0n) is 13.4. The lowest BCUT2D eigenvalue weighted by atomic mass is 10.1. The van der Waals surface area contributed by atoms with Crippen LogP contribution >= 0.6 is 0 Å². The van der Waals surface area contributed by atoms with Crippen molar-refractivity contribution in [3.63, 3.8) is 0 Å². The summed E-state index contributed by atoms with van der Waals surface area (Å²) in [7, 11) is 0. The van der Waals surface area contributed by atoms with Crippen LogP contribution in [0.25, 0.3) is 11.3 Å². The van der Waals surface area contributed by atoms with E-state index in [1.807, 2.05) is 67.7 Å². The van der Waals surface area contributed by atoms with E-state index in [9.17, 15) is 4.79 Å². The Kier molecular flexibility index (Phi) is 4.53. The summed E-state index contributed by atoms with van der Waals surface area (Å²) in [5.74, 6) is 0.239. The van der Waals surface area contributed by atoms with Gasteiger partial charge in [-0.25, -0.2) is 4.98 Å². The molecule has 0 aliphatic carbocycles. The molecule has 4 nitrogen and oxygen atoms in total. The second-order valence-corrected chi connectivity index (χ2v) is 5.61. The molecule has 0 fully saturated rings. The number of aryl methyl sites for hydroxylation is 2. The first-order chi connectivity index (χ1) is 11.7. The molecule has 0 spiro atoms. The topological polar surface area (TPSA) is 58.7 Å². The molecule has 118 valence electrons. The first-order valence-corrected chi connectivity index (χ1v) is 7.80. The number of ketones is 1. The van der Waals surface area contributed by atoms with Crippen molar-refractivity contribution in [1.82, 2.24) is 9.55 Å². The number of carbonyl (C=O) groups is 1. The molecule has 3 rings (SSSR count). The van der Waals surface area contributed by atoms with E-state index in [0.717, 1.165) is 16.8 Å². The zero-order chi connectivity index (χ0) is 16.9. The van der Waals surface area contributed by atoms with Crippen molar-refractivity contribution in [3.8, 4) is 17.3 Å². The molecule has 0 radical (unpaired) electrons. The lowest BCUT2D eigenvalue weighted by Gasteiger charge is -2.04. The van der Waals surface area contributed by atoms with Gasteiger partial charge in [-0.1, -0.05) is 60.2 Å². The van der Waals surface area contributed by atoms with Crippen molar-refractivity contribution >= 4 is 5.78 Å². The molecule has 0 saturated carbocycles. The Morgan fingerprint density at radius 2 is 1.83 bits per heavy atom. The molecule has 4 heteroatoms. The van der Waals surface area contributed by atoms with Crippen LogP contribution in [0.4, 0.5) is 0 Å². The highest BCUT2D eigenvalue weighted by Gasteiger charge is 2.18. The molecule has 0 amide bonds. The van der Waals surface area contributed by atoms with Crippen molar-refractivity contribution in [3.05, 3.63) is 77.7 Å². The summed E-state index contributed by atoms with van der Waals surface area (Å²) in [6, 6.07) is 19.3. The summed E-state index contributed by atoms with van der Waals surface area (Å²) in [6.07, 6.45) is 2.17. The molecule has 1 aromatic heterocycles. The fourth-order valence-electron chi connectivity index (χ4n) is 2.52. The van der Waals surface area contributed by atoms with Gasteiger partial charge in [0.1, 0.15) is 0 Å². The third kappa shape index (κ3) is 3.26. The third-order valence-corrected chi connectivity index (χ3v) is 3.83. The maximum atomic E-state index is 12.8. The summed E-state index contributed by atoms with van der Waals surface area (Å²) in [4.78, 5) is 17.4. The normalized spacial score (nSPS) is 10.3. The van der Waals surface area contributed by atoms with Crippen LogP contribution in [0.1, 0.15) is 28.2 Å². The maximum Gasteiger partial charge on any atom is 0.228 e. The molecule has 2 aromatic carbocycles. The van der Waals surface area contributed by atoms with Crippen molar-refractivity contribution in [2.75, 3.05) is 0 Å². The van der Waals surface area contributed by atoms with E-state index in [1.54, 1.807) is 4.57 Å². The molecule has 3 aromatic rings. The van der Waals surface area contributed by atoms with Gasteiger partial charge in [0.05, 0.1) is 18.2 Å². The van der Waals surface area contributed by atoms with Gasteiger partial charge in [-0.15, -0.1) is 0 Å². The minimum absolute atomic E-state index is 0.130. The summed E-state index contributed by atoms with van der Waals surface area (Å²) in [5, 5.41) is 8.86. The number of carbonyl (C=O) groups excluding carboxylic acids is 1. The molecule has 0 unspecified atom stereocenters. The zero-order valence-corrected chi connectivity index (χ0v) is 13.4. The van der Waals surface area contributed by atoms with Crippen LogP contribution in [0.2, 0.25) is 0 Å². The first kappa shape index (κ1) is 15.7. The van der Waals surface area contributed by atoms with E-state index in [1.165, 1.54) is 0 Å². The van der Waals surface area contributed by atoms with Gasteiger partial charge in [-0.3, -0.25) is 4.79 Å². The Bertz CT molecular complexity index is 887. The Hall–Kier alpha value is -3.19. The standard InChI is InChI=1S/C20H17N3O/c1-15-8-10-17(11-9-15)19(24)20-22-18(14-23(20)13-5-12-21)16-6-3-2-4-7-16/h2-4,6-11,14H,5,13H2,1H3. The van der Waals surface area contributed by atoms with Crippen LogP contribution in [0.15, 0.2) is 60.8 Å². The largest absolute Gasteiger partial charge is 0.327 e. The smallest absolute Gasteiger partial charge is 0.228 e. The van der Waals surface area contributed by atoms with Crippen LogP contribution in [0, 0.1) is 18.3 Å². The van der Waals surface area contributed by atoms with Gasteiger partial charge in [0.2, 0.25) is 5.78 Å². The lowest BCUT2D eigenvalue weighted by molar-refractivity contribution is 0.102. The van der Waals surface area contributed by atoms with Crippen LogP contribution in [0.5, 0.6) is 0 Å². The number of aromatic nitrogens is 2. The summed E-state index contributed by atoms with van der Waals surface area (Å²) < 4.78 is 1.77. The monoisotopic (exact) mass is 315 g/mol. The Labute approximate surface area is 141 Å². The summed E-state index contributed by atoms with van der Waals surface area (Å²) in [5.41, 5.74) is 3.39. The highest BCUT2D eigenvalue weighted by atomic mass is 16.1. The fourth-order valence-corrected chi connectivity index (χ4v) is 2.52. The molecular formula is C20H17N3O. The predicted octanol–water partition coefficient (Wildman–Crippen LogP) is 4.00. The molecule has 24 heavy (non-hydrogen) atoms. The summed E-state index contributed by atoms with van der Waals surface area (Å²) in [6.45, 7) is 2.43. The Balaban J connectivity index is 2.01. The molecule has 0 saturated heterocycles. The van der Waals surface area contributed by atoms with E-state index in [2.05, 4.69) is 11.1 Å². The van der Waals surface area contributed by atoms with Gasteiger partial charge in [0, 0.05) is 23.9 Å². The third-order valence-electron chi connectivity index (χ3n) is 3.83. The van der Waals surface area contributed by atoms with Gasteiger partial charge >= 0.3 is 0 Å². The van der Waals surface area contributed by atoms with Crippen molar-refractivity contribution < 1.29 is 4.79 Å². The molecule has 0 aliphatic heterocycles. The van der Waals surface area contributed by atoms with Crippen LogP contribution in [0.3, 0.4) is 0 Å². The van der Waals surface area contributed by atoms with Gasteiger partial charge in [0.15, 0.2) is 5.82 Å². The van der Waals surface area contributed by atoms with E-state index in [0.29, 0.717) is 24.4 Å². The van der Waals surface area contributed by atoms with Crippen molar-refractivity contribution in [2.45, 2.75) is 19.9 Å². The number of rotatable bonds is 5. The van der Waals surface area contributed by atoms with E-state index >= 15 is 0 Å². The quantitative estimate of drug-likeness (QED) is 0.669. The maximum absolute atomic E-state index is 12.8. The highest BCUT2D eigenvalue weighted by molar-refractivity contribution is 6.07. The average Bonchev–Trinajstić information content (AvgIpc) is 3.05. The lowest BCUT2D eigenvalue weighted by Crippen LogP contribution is -2.11. The van der Waals surface area contributed by atoms with Gasteiger partial charge in [-0.2, -0.15) is 5.26 Å². The van der Waals surface area contributed by atoms with Gasteiger partial charge in [0.25, 0.3) is 0 Å².